The van der Waals surface area contributed by atoms with E-state index in [-0.39, 0.29) is 23.0 Å². The van der Waals surface area contributed by atoms with Gasteiger partial charge in [0.05, 0.1) is 30.4 Å². The molecule has 0 aromatic heterocycles. The predicted molar refractivity (Wildman–Crippen MR) is 120 cm³/mol. The lowest BCUT2D eigenvalue weighted by Crippen LogP contribution is -2.30. The van der Waals surface area contributed by atoms with Crippen LogP contribution in [0.3, 0.4) is 0 Å². The van der Waals surface area contributed by atoms with Crippen molar-refractivity contribution < 1.29 is 24.2 Å². The highest BCUT2D eigenvalue weighted by atomic mass is 35.5. The van der Waals surface area contributed by atoms with Crippen molar-refractivity contribution in [1.29, 1.82) is 0 Å². The summed E-state index contributed by atoms with van der Waals surface area (Å²) < 4.78 is 11.1. The molecule has 1 saturated heterocycles. The Morgan fingerprint density at radius 2 is 1.94 bits per heavy atom. The molecule has 7 heteroatoms. The van der Waals surface area contributed by atoms with Crippen LogP contribution in [0.4, 0.5) is 0 Å². The summed E-state index contributed by atoms with van der Waals surface area (Å²) in [6.45, 7) is 6.13. The normalized spacial score (nSPS) is 18.0. The van der Waals surface area contributed by atoms with Crippen LogP contribution < -0.4 is 9.47 Å². The number of amides is 1. The molecule has 2 aromatic rings. The van der Waals surface area contributed by atoms with Gasteiger partial charge in [-0.15, -0.1) is 0 Å². The van der Waals surface area contributed by atoms with Crippen molar-refractivity contribution >= 4 is 29.1 Å². The predicted octanol–water partition coefficient (Wildman–Crippen LogP) is 4.97. The van der Waals surface area contributed by atoms with E-state index in [9.17, 15) is 14.7 Å². The molecule has 1 unspecified atom stereocenters. The number of methoxy groups -OCH3 is 1. The number of ketones is 1. The Labute approximate surface area is 187 Å². The number of benzene rings is 2. The van der Waals surface area contributed by atoms with Crippen LogP contribution in [0.15, 0.2) is 48.0 Å². The summed E-state index contributed by atoms with van der Waals surface area (Å²) in [5, 5.41) is 11.6. The smallest absolute Gasteiger partial charge is 0.295 e. The number of ether oxygens (including phenoxy) is 2. The third-order valence-corrected chi connectivity index (χ3v) is 5.20. The Bertz CT molecular complexity index is 1030. The number of likely N-dealkylation sites (tertiary alicyclic amines) is 1. The van der Waals surface area contributed by atoms with Crippen molar-refractivity contribution in [3.8, 4) is 11.5 Å². The molecule has 1 atom stereocenters. The van der Waals surface area contributed by atoms with Crippen molar-refractivity contribution in [3.63, 3.8) is 0 Å². The second-order valence-electron chi connectivity index (χ2n) is 7.58. The van der Waals surface area contributed by atoms with Gasteiger partial charge in [0, 0.05) is 11.6 Å². The summed E-state index contributed by atoms with van der Waals surface area (Å²) in [5.41, 5.74) is 0.929. The zero-order valence-corrected chi connectivity index (χ0v) is 18.8. The first-order chi connectivity index (χ1) is 14.8. The number of rotatable bonds is 7. The van der Waals surface area contributed by atoms with Gasteiger partial charge in [-0.1, -0.05) is 30.7 Å². The third kappa shape index (κ3) is 4.54. The summed E-state index contributed by atoms with van der Waals surface area (Å²) in [7, 11) is 1.46. The number of hydrogen-bond acceptors (Lipinski definition) is 5. The van der Waals surface area contributed by atoms with Gasteiger partial charge in [0.1, 0.15) is 17.3 Å². The minimum absolute atomic E-state index is 0.000661. The van der Waals surface area contributed by atoms with Crippen molar-refractivity contribution in [2.75, 3.05) is 13.7 Å². The molecule has 31 heavy (non-hydrogen) atoms. The first-order valence-corrected chi connectivity index (χ1v) is 10.5. The van der Waals surface area contributed by atoms with Gasteiger partial charge in [0.2, 0.25) is 0 Å². The maximum atomic E-state index is 13.0. The van der Waals surface area contributed by atoms with Gasteiger partial charge in [0.15, 0.2) is 0 Å². The zero-order chi connectivity index (χ0) is 22.7. The van der Waals surface area contributed by atoms with Crippen LogP contribution in [0.25, 0.3) is 5.76 Å². The number of hydrogen-bond donors (Lipinski definition) is 1. The average molecular weight is 444 g/mol. The summed E-state index contributed by atoms with van der Waals surface area (Å²) in [4.78, 5) is 27.4. The molecule has 0 bridgehead atoms. The molecule has 2 aromatic carbocycles. The van der Waals surface area contributed by atoms with Gasteiger partial charge < -0.3 is 19.5 Å². The Kier molecular flexibility index (Phi) is 6.91. The Morgan fingerprint density at radius 3 is 2.58 bits per heavy atom. The monoisotopic (exact) mass is 443 g/mol. The lowest BCUT2D eigenvalue weighted by Gasteiger charge is -2.25. The van der Waals surface area contributed by atoms with Gasteiger partial charge in [-0.3, -0.25) is 9.59 Å². The Hall–Kier alpha value is -2.99. The first-order valence-electron chi connectivity index (χ1n) is 10.2. The van der Waals surface area contributed by atoms with Crippen molar-refractivity contribution in [3.05, 3.63) is 64.2 Å². The molecule has 1 heterocycles. The molecule has 0 aliphatic carbocycles. The fraction of sp³-hybridized carbons (Fsp3) is 0.333. The van der Waals surface area contributed by atoms with Crippen LogP contribution >= 0.6 is 11.6 Å². The first kappa shape index (κ1) is 22.7. The van der Waals surface area contributed by atoms with E-state index >= 15 is 0 Å². The van der Waals surface area contributed by atoms with Crippen molar-refractivity contribution in [1.82, 2.24) is 4.90 Å². The number of carbonyl (C=O) groups is 2. The minimum Gasteiger partial charge on any atom is -0.507 e. The molecule has 1 amide bonds. The van der Waals surface area contributed by atoms with E-state index in [2.05, 4.69) is 0 Å². The fourth-order valence-corrected chi connectivity index (χ4v) is 3.91. The molecule has 1 fully saturated rings. The van der Waals surface area contributed by atoms with Gasteiger partial charge in [0.25, 0.3) is 11.7 Å². The van der Waals surface area contributed by atoms with E-state index in [1.165, 1.54) is 18.1 Å². The highest BCUT2D eigenvalue weighted by Gasteiger charge is 2.46. The van der Waals surface area contributed by atoms with Gasteiger partial charge in [-0.2, -0.15) is 0 Å². The molecule has 0 radical (unpaired) electrons. The van der Waals surface area contributed by atoms with E-state index in [4.69, 9.17) is 21.1 Å². The maximum Gasteiger partial charge on any atom is 0.295 e. The van der Waals surface area contributed by atoms with E-state index in [0.717, 1.165) is 0 Å². The number of aliphatic hydroxyl groups is 1. The maximum absolute atomic E-state index is 13.0. The van der Waals surface area contributed by atoms with Gasteiger partial charge in [-0.05, 0) is 56.2 Å². The van der Waals surface area contributed by atoms with Gasteiger partial charge in [-0.25, -0.2) is 0 Å². The van der Waals surface area contributed by atoms with Crippen LogP contribution in [-0.4, -0.2) is 41.5 Å². The summed E-state index contributed by atoms with van der Waals surface area (Å²) in [6.07, 6.45) is 0.625. The fourth-order valence-electron chi connectivity index (χ4n) is 3.74. The van der Waals surface area contributed by atoms with Gasteiger partial charge >= 0.3 is 0 Å². The molecule has 3 rings (SSSR count). The summed E-state index contributed by atoms with van der Waals surface area (Å²) >= 11 is 6.12. The lowest BCUT2D eigenvalue weighted by atomic mass is 9.94. The molecular formula is C24H26ClNO5. The second-order valence-corrected chi connectivity index (χ2v) is 8.01. The molecule has 1 aliphatic heterocycles. The SMILES string of the molecule is CCCN1C(=O)C(=O)/C(=C(/O)c2cc(Cl)ccc2OC)C1c1cccc(OC(C)C)c1. The molecule has 1 N–H and O–H groups in total. The Balaban J connectivity index is 2.22. The molecule has 0 saturated carbocycles. The number of Topliss-reactive ketones (excluding diaryl/α,β-unsaturated/α-hetero) is 1. The summed E-state index contributed by atoms with van der Waals surface area (Å²) in [6, 6.07) is 11.2. The van der Waals surface area contributed by atoms with E-state index in [1.54, 1.807) is 24.3 Å². The lowest BCUT2D eigenvalue weighted by molar-refractivity contribution is -0.139. The number of halogens is 1. The topological polar surface area (TPSA) is 76.1 Å². The van der Waals surface area contributed by atoms with E-state index in [1.807, 2.05) is 32.9 Å². The van der Waals surface area contributed by atoms with E-state index < -0.39 is 17.7 Å². The molecule has 6 nitrogen and oxygen atoms in total. The molecule has 164 valence electrons. The quantitative estimate of drug-likeness (QED) is 0.371. The Morgan fingerprint density at radius 1 is 1.19 bits per heavy atom. The summed E-state index contributed by atoms with van der Waals surface area (Å²) in [5.74, 6) is -0.747. The number of aliphatic hydroxyl groups excluding tert-OH is 1. The highest BCUT2D eigenvalue weighted by Crippen LogP contribution is 2.42. The third-order valence-electron chi connectivity index (χ3n) is 4.97. The van der Waals surface area contributed by atoms with Crippen LogP contribution in [0.2, 0.25) is 5.02 Å². The largest absolute Gasteiger partial charge is 0.507 e. The van der Waals surface area contributed by atoms with Crippen LogP contribution in [0.1, 0.15) is 44.4 Å². The number of nitrogens with zero attached hydrogens (tertiary/aromatic N) is 1. The molecular weight excluding hydrogens is 418 g/mol. The minimum atomic E-state index is -0.751. The van der Waals surface area contributed by atoms with E-state index in [0.29, 0.717) is 35.1 Å². The van der Waals surface area contributed by atoms with Crippen LogP contribution in [-0.2, 0) is 9.59 Å². The average Bonchev–Trinajstić information content (AvgIpc) is 2.98. The second kappa shape index (κ2) is 9.43. The standard InChI is InChI=1S/C24H26ClNO5/c1-5-11-26-21(15-7-6-8-17(12-15)31-14(2)3)20(23(28)24(26)29)22(27)18-13-16(25)9-10-19(18)30-4/h6-10,12-14,21,27H,5,11H2,1-4H3/b22-20+. The highest BCUT2D eigenvalue weighted by molar-refractivity contribution is 6.46. The molecule has 1 aliphatic rings. The van der Waals surface area contributed by atoms with Crippen molar-refractivity contribution in [2.24, 2.45) is 0 Å². The number of carbonyl (C=O) groups excluding carboxylic acids is 2. The molecule has 0 spiro atoms. The van der Waals surface area contributed by atoms with Crippen molar-refractivity contribution in [2.45, 2.75) is 39.3 Å². The van der Waals surface area contributed by atoms with Crippen LogP contribution in [0, 0.1) is 0 Å². The van der Waals surface area contributed by atoms with Crippen LogP contribution in [0.5, 0.6) is 11.5 Å². The zero-order valence-electron chi connectivity index (χ0n) is 18.0.